The van der Waals surface area contributed by atoms with E-state index in [2.05, 4.69) is 6.07 Å². The van der Waals surface area contributed by atoms with Gasteiger partial charge >= 0.3 is 0 Å². The highest BCUT2D eigenvalue weighted by Gasteiger charge is 2.15. The average Bonchev–Trinajstić information content (AvgIpc) is 3.05. The van der Waals surface area contributed by atoms with Gasteiger partial charge in [-0.3, -0.25) is 4.79 Å². The summed E-state index contributed by atoms with van der Waals surface area (Å²) in [7, 11) is 1.78. The number of carbonyl (C=O) groups is 1. The molecule has 18 heavy (non-hydrogen) atoms. The number of likely N-dealkylation sites (N-methyl/N-ethyl adjacent to an activating group) is 1. The Balaban J connectivity index is 1.92. The summed E-state index contributed by atoms with van der Waals surface area (Å²) in [6.07, 6.45) is 0.865. The van der Waals surface area contributed by atoms with Gasteiger partial charge in [0.1, 0.15) is 5.76 Å². The van der Waals surface area contributed by atoms with Gasteiger partial charge in [0.15, 0.2) is 5.76 Å². The lowest BCUT2D eigenvalue weighted by Crippen LogP contribution is -2.28. The van der Waals surface area contributed by atoms with Gasteiger partial charge in [-0.25, -0.2) is 0 Å². The first-order valence-electron chi connectivity index (χ1n) is 5.77. The second kappa shape index (κ2) is 5.84. The Hall–Kier alpha value is -1.59. The lowest BCUT2D eigenvalue weighted by Gasteiger charge is -2.14. The third-order valence-electron chi connectivity index (χ3n) is 2.69. The summed E-state index contributed by atoms with van der Waals surface area (Å²) in [4.78, 5) is 15.0. The standard InChI is InChI=1S/C13H16N2O2S/c1-15(7-6-11-3-2-8-18-11)13(16)12-5-4-10(9-14)17-12/h2-5,8H,6-7,9,14H2,1H3. The van der Waals surface area contributed by atoms with Crippen LogP contribution in [0.25, 0.3) is 0 Å². The largest absolute Gasteiger partial charge is 0.455 e. The molecule has 2 rings (SSSR count). The van der Waals surface area contributed by atoms with E-state index in [0.29, 0.717) is 24.6 Å². The molecule has 4 nitrogen and oxygen atoms in total. The third kappa shape index (κ3) is 3.00. The molecule has 0 saturated carbocycles. The minimum Gasteiger partial charge on any atom is -0.455 e. The quantitative estimate of drug-likeness (QED) is 0.899. The van der Waals surface area contributed by atoms with Crippen LogP contribution in [0.5, 0.6) is 0 Å². The monoisotopic (exact) mass is 264 g/mol. The highest BCUT2D eigenvalue weighted by atomic mass is 32.1. The maximum absolute atomic E-state index is 12.0. The molecule has 0 unspecified atom stereocenters. The number of rotatable bonds is 5. The Bertz CT molecular complexity index is 505. The van der Waals surface area contributed by atoms with Crippen molar-refractivity contribution in [2.24, 2.45) is 5.73 Å². The first kappa shape index (κ1) is 12.9. The number of carbonyl (C=O) groups excluding carboxylic acids is 1. The molecule has 0 saturated heterocycles. The number of hydrogen-bond acceptors (Lipinski definition) is 4. The Morgan fingerprint density at radius 2 is 2.28 bits per heavy atom. The van der Waals surface area contributed by atoms with E-state index in [4.69, 9.17) is 10.2 Å². The van der Waals surface area contributed by atoms with Crippen LogP contribution in [0.2, 0.25) is 0 Å². The van der Waals surface area contributed by atoms with E-state index in [1.54, 1.807) is 35.4 Å². The number of nitrogens with zero attached hydrogens (tertiary/aromatic N) is 1. The van der Waals surface area contributed by atoms with Crippen LogP contribution < -0.4 is 5.73 Å². The van der Waals surface area contributed by atoms with Gasteiger partial charge in [-0.05, 0) is 30.0 Å². The van der Waals surface area contributed by atoms with E-state index in [-0.39, 0.29) is 5.91 Å². The zero-order chi connectivity index (χ0) is 13.0. The van der Waals surface area contributed by atoms with Crippen molar-refractivity contribution in [1.82, 2.24) is 4.90 Å². The van der Waals surface area contributed by atoms with Crippen LogP contribution in [-0.2, 0) is 13.0 Å². The SMILES string of the molecule is CN(CCc1cccs1)C(=O)c1ccc(CN)o1. The van der Waals surface area contributed by atoms with Gasteiger partial charge < -0.3 is 15.1 Å². The molecular weight excluding hydrogens is 248 g/mol. The van der Waals surface area contributed by atoms with Gasteiger partial charge in [-0.1, -0.05) is 6.07 Å². The summed E-state index contributed by atoms with van der Waals surface area (Å²) in [5, 5.41) is 2.04. The molecule has 0 atom stereocenters. The van der Waals surface area contributed by atoms with Crippen molar-refractivity contribution in [1.29, 1.82) is 0 Å². The van der Waals surface area contributed by atoms with Crippen LogP contribution in [0.3, 0.4) is 0 Å². The highest BCUT2D eigenvalue weighted by molar-refractivity contribution is 7.09. The van der Waals surface area contributed by atoms with Crippen molar-refractivity contribution in [2.75, 3.05) is 13.6 Å². The van der Waals surface area contributed by atoms with Gasteiger partial charge in [0.05, 0.1) is 6.54 Å². The molecule has 1 amide bonds. The predicted octanol–water partition coefficient (Wildman–Crippen LogP) is 2.11. The Morgan fingerprint density at radius 3 is 2.89 bits per heavy atom. The number of furan rings is 1. The van der Waals surface area contributed by atoms with Crippen molar-refractivity contribution in [2.45, 2.75) is 13.0 Å². The summed E-state index contributed by atoms with van der Waals surface area (Å²) in [5.41, 5.74) is 5.44. The molecule has 2 aromatic rings. The molecule has 2 aromatic heterocycles. The van der Waals surface area contributed by atoms with Crippen molar-refractivity contribution >= 4 is 17.2 Å². The Morgan fingerprint density at radius 1 is 1.44 bits per heavy atom. The smallest absolute Gasteiger partial charge is 0.289 e. The van der Waals surface area contributed by atoms with Crippen LogP contribution in [-0.4, -0.2) is 24.4 Å². The molecule has 2 N–H and O–H groups in total. The molecule has 0 spiro atoms. The van der Waals surface area contributed by atoms with E-state index >= 15 is 0 Å². The van der Waals surface area contributed by atoms with E-state index in [1.165, 1.54) is 4.88 Å². The van der Waals surface area contributed by atoms with E-state index in [0.717, 1.165) is 6.42 Å². The molecule has 0 bridgehead atoms. The maximum atomic E-state index is 12.0. The van der Waals surface area contributed by atoms with Crippen LogP contribution in [0.15, 0.2) is 34.1 Å². The van der Waals surface area contributed by atoms with E-state index in [1.807, 2.05) is 11.4 Å². The van der Waals surface area contributed by atoms with Crippen LogP contribution in [0.4, 0.5) is 0 Å². The van der Waals surface area contributed by atoms with Gasteiger partial charge in [0.25, 0.3) is 5.91 Å². The number of hydrogen-bond donors (Lipinski definition) is 1. The third-order valence-corrected chi connectivity index (χ3v) is 3.63. The van der Waals surface area contributed by atoms with Crippen LogP contribution in [0.1, 0.15) is 21.2 Å². The van der Waals surface area contributed by atoms with Gasteiger partial charge in [0.2, 0.25) is 0 Å². The maximum Gasteiger partial charge on any atom is 0.289 e. The predicted molar refractivity (Wildman–Crippen MR) is 71.6 cm³/mol. The van der Waals surface area contributed by atoms with Crippen LogP contribution >= 0.6 is 11.3 Å². The fraction of sp³-hybridized carbons (Fsp3) is 0.308. The summed E-state index contributed by atoms with van der Waals surface area (Å²) < 4.78 is 5.34. The number of amides is 1. The van der Waals surface area contributed by atoms with Crippen molar-refractivity contribution < 1.29 is 9.21 Å². The zero-order valence-corrected chi connectivity index (χ0v) is 11.1. The molecule has 2 heterocycles. The van der Waals surface area contributed by atoms with Crippen molar-refractivity contribution in [3.63, 3.8) is 0 Å². The van der Waals surface area contributed by atoms with E-state index < -0.39 is 0 Å². The second-order valence-electron chi connectivity index (χ2n) is 4.03. The Labute approximate surface area is 110 Å². The summed E-state index contributed by atoms with van der Waals surface area (Å²) in [5.74, 6) is 0.875. The molecule has 0 aromatic carbocycles. The van der Waals surface area contributed by atoms with E-state index in [9.17, 15) is 4.79 Å². The summed E-state index contributed by atoms with van der Waals surface area (Å²) >= 11 is 1.70. The van der Waals surface area contributed by atoms with Gasteiger partial charge in [0, 0.05) is 18.5 Å². The Kier molecular flexibility index (Phi) is 4.17. The normalized spacial score (nSPS) is 10.6. The molecule has 0 fully saturated rings. The molecule has 5 heteroatoms. The van der Waals surface area contributed by atoms with Crippen LogP contribution in [0, 0.1) is 0 Å². The first-order valence-corrected chi connectivity index (χ1v) is 6.65. The number of thiophene rings is 1. The molecule has 0 aliphatic rings. The topological polar surface area (TPSA) is 59.5 Å². The number of nitrogens with two attached hydrogens (primary N) is 1. The lowest BCUT2D eigenvalue weighted by atomic mass is 10.3. The minimum atomic E-state index is -0.105. The van der Waals surface area contributed by atoms with Gasteiger partial charge in [-0.2, -0.15) is 0 Å². The molecule has 96 valence electrons. The lowest BCUT2D eigenvalue weighted by molar-refractivity contribution is 0.0763. The first-order chi connectivity index (χ1) is 8.70. The summed E-state index contributed by atoms with van der Waals surface area (Å²) in [6.45, 7) is 0.990. The zero-order valence-electron chi connectivity index (χ0n) is 10.3. The highest BCUT2D eigenvalue weighted by Crippen LogP contribution is 2.12. The summed E-state index contributed by atoms with van der Waals surface area (Å²) in [6, 6.07) is 7.50. The fourth-order valence-electron chi connectivity index (χ4n) is 1.62. The minimum absolute atomic E-state index is 0.105. The average molecular weight is 264 g/mol. The van der Waals surface area contributed by atoms with Crippen molar-refractivity contribution in [3.05, 3.63) is 46.0 Å². The van der Waals surface area contributed by atoms with Gasteiger partial charge in [-0.15, -0.1) is 11.3 Å². The fourth-order valence-corrected chi connectivity index (χ4v) is 2.32. The molecule has 0 aliphatic heterocycles. The molecule has 0 aliphatic carbocycles. The molecular formula is C13H16N2O2S. The second-order valence-corrected chi connectivity index (χ2v) is 5.06. The van der Waals surface area contributed by atoms with Crippen molar-refractivity contribution in [3.8, 4) is 0 Å². The molecule has 0 radical (unpaired) electrons.